The molecule has 2 aromatic rings. The molecule has 0 aliphatic carbocycles. The Bertz CT molecular complexity index is 794. The molecule has 0 saturated carbocycles. The third kappa shape index (κ3) is 4.48. The maximum Gasteiger partial charge on any atom is 0.208 e. The minimum Gasteiger partial charge on any atom is -0.394 e. The molecule has 162 valence electrons. The first-order chi connectivity index (χ1) is 13.8. The van der Waals surface area contributed by atoms with Gasteiger partial charge >= 0.3 is 0 Å². The Kier molecular flexibility index (Phi) is 6.95. The van der Waals surface area contributed by atoms with Crippen LogP contribution in [0.1, 0.15) is 60.4 Å². The first-order valence-corrected chi connectivity index (χ1v) is 10.9. The van der Waals surface area contributed by atoms with E-state index in [9.17, 15) is 5.11 Å². The maximum absolute atomic E-state index is 9.79. The number of aliphatic hydroxyl groups is 1. The Morgan fingerprint density at radius 3 is 2.52 bits per heavy atom. The van der Waals surface area contributed by atoms with Crippen LogP contribution in [-0.2, 0) is 0 Å². The molecule has 0 radical (unpaired) electrons. The molecule has 2 N–H and O–H groups in total. The van der Waals surface area contributed by atoms with Crippen molar-refractivity contribution in [3.05, 3.63) is 6.33 Å². The zero-order valence-electron chi connectivity index (χ0n) is 18.8. The van der Waals surface area contributed by atoms with Crippen molar-refractivity contribution in [2.45, 2.75) is 78.6 Å². The number of aliphatic hydroxyl groups excluding tert-OH is 1. The van der Waals surface area contributed by atoms with Crippen LogP contribution in [0.4, 0.5) is 11.8 Å². The van der Waals surface area contributed by atoms with Crippen molar-refractivity contribution in [3.63, 3.8) is 0 Å². The lowest BCUT2D eigenvalue weighted by Gasteiger charge is -2.30. The smallest absolute Gasteiger partial charge is 0.208 e. The van der Waals surface area contributed by atoms with Crippen LogP contribution in [0.5, 0.6) is 0 Å². The number of hydrogen-bond acceptors (Lipinski definition) is 7. The summed E-state index contributed by atoms with van der Waals surface area (Å²) >= 11 is 0. The maximum atomic E-state index is 9.79. The highest BCUT2D eigenvalue weighted by atomic mass is 16.3. The highest BCUT2D eigenvalue weighted by Crippen LogP contribution is 2.32. The van der Waals surface area contributed by atoms with Crippen LogP contribution in [0.25, 0.3) is 11.2 Å². The summed E-state index contributed by atoms with van der Waals surface area (Å²) in [5, 5.41) is 13.3. The summed E-state index contributed by atoms with van der Waals surface area (Å²) in [6.07, 6.45) is 3.68. The van der Waals surface area contributed by atoms with Crippen molar-refractivity contribution in [2.24, 2.45) is 0 Å². The summed E-state index contributed by atoms with van der Waals surface area (Å²) < 4.78 is 2.17. The number of imidazole rings is 1. The van der Waals surface area contributed by atoms with E-state index in [0.717, 1.165) is 55.4 Å². The van der Waals surface area contributed by atoms with E-state index < -0.39 is 0 Å². The van der Waals surface area contributed by atoms with Crippen molar-refractivity contribution in [2.75, 3.05) is 36.5 Å². The number of fused-ring (bicyclic) bond motifs is 1. The van der Waals surface area contributed by atoms with Crippen molar-refractivity contribution in [3.8, 4) is 0 Å². The normalized spacial score (nSPS) is 17.6. The van der Waals surface area contributed by atoms with E-state index in [0.29, 0.717) is 12.1 Å². The van der Waals surface area contributed by atoms with Gasteiger partial charge in [0.25, 0.3) is 0 Å². The SMILES string of the molecule is CC(C)N(CCNc1ncnc2c1nc(N1CCCC1CO)n2C(C)C)C(C)C. The zero-order valence-corrected chi connectivity index (χ0v) is 18.8. The molecule has 0 amide bonds. The second-order valence-corrected chi connectivity index (χ2v) is 8.79. The van der Waals surface area contributed by atoms with Gasteiger partial charge in [-0.3, -0.25) is 9.47 Å². The summed E-state index contributed by atoms with van der Waals surface area (Å²) in [6.45, 7) is 16.0. The Morgan fingerprint density at radius 2 is 1.90 bits per heavy atom. The molecule has 1 saturated heterocycles. The van der Waals surface area contributed by atoms with Crippen LogP contribution in [0.3, 0.4) is 0 Å². The predicted molar refractivity (Wildman–Crippen MR) is 119 cm³/mol. The molecule has 0 bridgehead atoms. The van der Waals surface area contributed by atoms with E-state index in [1.54, 1.807) is 6.33 Å². The van der Waals surface area contributed by atoms with Crippen molar-refractivity contribution in [1.82, 2.24) is 24.4 Å². The van der Waals surface area contributed by atoms with Gasteiger partial charge in [0, 0.05) is 37.8 Å². The summed E-state index contributed by atoms with van der Waals surface area (Å²) in [5.41, 5.74) is 1.65. The molecule has 29 heavy (non-hydrogen) atoms. The van der Waals surface area contributed by atoms with Crippen molar-refractivity contribution in [1.29, 1.82) is 0 Å². The fourth-order valence-corrected chi connectivity index (χ4v) is 4.41. The highest BCUT2D eigenvalue weighted by molar-refractivity contribution is 5.85. The number of hydrogen-bond donors (Lipinski definition) is 2. The van der Waals surface area contributed by atoms with E-state index in [1.807, 2.05) is 0 Å². The molecule has 8 heteroatoms. The average Bonchev–Trinajstić information content (AvgIpc) is 3.28. The fraction of sp³-hybridized carbons (Fsp3) is 0.762. The number of aromatic nitrogens is 4. The quantitative estimate of drug-likeness (QED) is 0.666. The van der Waals surface area contributed by atoms with E-state index in [1.165, 1.54) is 0 Å². The van der Waals surface area contributed by atoms with Crippen LogP contribution in [0.15, 0.2) is 6.33 Å². The van der Waals surface area contributed by atoms with E-state index in [-0.39, 0.29) is 18.7 Å². The lowest BCUT2D eigenvalue weighted by molar-refractivity contribution is 0.182. The molecule has 1 aliphatic heterocycles. The lowest BCUT2D eigenvalue weighted by atomic mass is 10.2. The third-order valence-electron chi connectivity index (χ3n) is 5.81. The third-order valence-corrected chi connectivity index (χ3v) is 5.81. The van der Waals surface area contributed by atoms with Crippen LogP contribution in [0, 0.1) is 0 Å². The predicted octanol–water partition coefficient (Wildman–Crippen LogP) is 2.90. The number of rotatable bonds is 9. The molecule has 1 unspecified atom stereocenters. The molecule has 8 nitrogen and oxygen atoms in total. The van der Waals surface area contributed by atoms with Gasteiger partial charge in [0.05, 0.1) is 12.6 Å². The van der Waals surface area contributed by atoms with Gasteiger partial charge in [-0.1, -0.05) is 0 Å². The Labute approximate surface area is 174 Å². The molecule has 3 heterocycles. The molecule has 1 aliphatic rings. The molecule has 0 spiro atoms. The highest BCUT2D eigenvalue weighted by Gasteiger charge is 2.30. The van der Waals surface area contributed by atoms with Crippen LogP contribution >= 0.6 is 0 Å². The number of nitrogens with one attached hydrogen (secondary N) is 1. The van der Waals surface area contributed by atoms with Gasteiger partial charge in [0.1, 0.15) is 6.33 Å². The van der Waals surface area contributed by atoms with Gasteiger partial charge in [-0.05, 0) is 54.4 Å². The van der Waals surface area contributed by atoms with Gasteiger partial charge in [-0.15, -0.1) is 0 Å². The second-order valence-electron chi connectivity index (χ2n) is 8.79. The van der Waals surface area contributed by atoms with E-state index >= 15 is 0 Å². The molecule has 3 rings (SSSR count). The van der Waals surface area contributed by atoms with Gasteiger partial charge < -0.3 is 15.3 Å². The fourth-order valence-electron chi connectivity index (χ4n) is 4.41. The summed E-state index contributed by atoms with van der Waals surface area (Å²) in [4.78, 5) is 18.7. The van der Waals surface area contributed by atoms with Gasteiger partial charge in [-0.25, -0.2) is 15.0 Å². The monoisotopic (exact) mass is 403 g/mol. The first-order valence-electron chi connectivity index (χ1n) is 10.9. The van der Waals surface area contributed by atoms with Crippen LogP contribution < -0.4 is 10.2 Å². The number of anilines is 2. The molecular weight excluding hydrogens is 366 g/mol. The molecule has 2 aromatic heterocycles. The van der Waals surface area contributed by atoms with Crippen LogP contribution in [0.2, 0.25) is 0 Å². The first kappa shape index (κ1) is 21.8. The van der Waals surface area contributed by atoms with E-state index in [2.05, 4.69) is 71.2 Å². The summed E-state index contributed by atoms with van der Waals surface area (Å²) in [5.74, 6) is 1.67. The summed E-state index contributed by atoms with van der Waals surface area (Å²) in [7, 11) is 0. The molecule has 1 atom stereocenters. The van der Waals surface area contributed by atoms with Crippen molar-refractivity contribution < 1.29 is 5.11 Å². The minimum absolute atomic E-state index is 0.124. The zero-order chi connectivity index (χ0) is 21.1. The Morgan fingerprint density at radius 1 is 1.17 bits per heavy atom. The topological polar surface area (TPSA) is 82.3 Å². The van der Waals surface area contributed by atoms with E-state index in [4.69, 9.17) is 4.98 Å². The second kappa shape index (κ2) is 9.26. The van der Waals surface area contributed by atoms with Gasteiger partial charge in [-0.2, -0.15) is 0 Å². The minimum atomic E-state index is 0.124. The van der Waals surface area contributed by atoms with Crippen molar-refractivity contribution >= 4 is 22.9 Å². The van der Waals surface area contributed by atoms with Gasteiger partial charge in [0.15, 0.2) is 17.0 Å². The molecule has 0 aromatic carbocycles. The Balaban J connectivity index is 1.89. The Hall–Kier alpha value is -1.93. The largest absolute Gasteiger partial charge is 0.394 e. The standard InChI is InChI=1S/C21H37N7O/c1-14(2)26(15(3)4)11-9-22-19-18-20(24-13-23-19)28(16(5)6)21(25-18)27-10-7-8-17(27)12-29/h13-17,29H,7-12H2,1-6H3,(H,22,23,24). The average molecular weight is 404 g/mol. The number of nitrogens with zero attached hydrogens (tertiary/aromatic N) is 6. The lowest BCUT2D eigenvalue weighted by Crippen LogP contribution is -2.40. The van der Waals surface area contributed by atoms with Crippen LogP contribution in [-0.4, -0.2) is 73.9 Å². The molecular formula is C21H37N7O. The van der Waals surface area contributed by atoms with Gasteiger partial charge in [0.2, 0.25) is 5.95 Å². The molecule has 1 fully saturated rings. The summed E-state index contributed by atoms with van der Waals surface area (Å²) in [6, 6.07) is 1.34.